The zero-order chi connectivity index (χ0) is 18.8. The van der Waals surface area contributed by atoms with Crippen LogP contribution in [0.5, 0.6) is 0 Å². The van der Waals surface area contributed by atoms with E-state index < -0.39 is 4.92 Å². The maximum atomic E-state index is 12.8. The Balaban J connectivity index is 1.81. The molecule has 2 aromatic rings. The second-order valence-corrected chi connectivity index (χ2v) is 7.13. The van der Waals surface area contributed by atoms with Gasteiger partial charge in [-0.1, -0.05) is 19.1 Å². The molecule has 2 heterocycles. The first-order chi connectivity index (χ1) is 12.4. The van der Waals surface area contributed by atoms with E-state index in [0.29, 0.717) is 29.4 Å². The normalized spacial score (nSPS) is 17.3. The molecule has 1 aliphatic rings. The van der Waals surface area contributed by atoms with Crippen molar-refractivity contribution >= 4 is 11.6 Å². The van der Waals surface area contributed by atoms with Gasteiger partial charge in [-0.15, -0.1) is 0 Å². The van der Waals surface area contributed by atoms with E-state index in [1.54, 1.807) is 18.5 Å². The van der Waals surface area contributed by atoms with Crippen molar-refractivity contribution in [1.29, 1.82) is 0 Å². The summed E-state index contributed by atoms with van der Waals surface area (Å²) in [6.45, 7) is 7.51. The summed E-state index contributed by atoms with van der Waals surface area (Å²) >= 11 is 0. The number of rotatable bonds is 4. The zero-order valence-electron chi connectivity index (χ0n) is 15.4. The second kappa shape index (κ2) is 7.27. The van der Waals surface area contributed by atoms with E-state index in [-0.39, 0.29) is 11.6 Å². The monoisotopic (exact) mass is 356 g/mol. The van der Waals surface area contributed by atoms with Gasteiger partial charge in [0.1, 0.15) is 11.4 Å². The maximum Gasteiger partial charge on any atom is 0.312 e. The fourth-order valence-electron chi connectivity index (χ4n) is 3.64. The number of nitro groups is 1. The Morgan fingerprint density at radius 1 is 1.38 bits per heavy atom. The highest BCUT2D eigenvalue weighted by molar-refractivity contribution is 5.94. The lowest BCUT2D eigenvalue weighted by molar-refractivity contribution is -0.386. The van der Waals surface area contributed by atoms with Gasteiger partial charge >= 0.3 is 5.69 Å². The van der Waals surface area contributed by atoms with Crippen molar-refractivity contribution in [1.82, 2.24) is 14.7 Å². The number of carbonyl (C=O) groups excluding carboxylic acids is 1. The molecule has 138 valence electrons. The molecule has 0 spiro atoms. The van der Waals surface area contributed by atoms with E-state index in [1.165, 1.54) is 6.42 Å². The van der Waals surface area contributed by atoms with Crippen LogP contribution in [0.1, 0.15) is 47.1 Å². The van der Waals surface area contributed by atoms with Gasteiger partial charge in [0.25, 0.3) is 5.91 Å². The molecule has 0 N–H and O–H groups in total. The number of aryl methyl sites for hydroxylation is 1. The highest BCUT2D eigenvalue weighted by Gasteiger charge is 2.23. The number of aromatic nitrogens is 2. The highest BCUT2D eigenvalue weighted by Crippen LogP contribution is 2.23. The summed E-state index contributed by atoms with van der Waals surface area (Å²) in [5.41, 5.74) is 2.55. The van der Waals surface area contributed by atoms with Crippen LogP contribution in [0.15, 0.2) is 24.3 Å². The minimum absolute atomic E-state index is 0.0535. The van der Waals surface area contributed by atoms with Crippen LogP contribution in [0.25, 0.3) is 0 Å². The lowest BCUT2D eigenvalue weighted by Crippen LogP contribution is -2.39. The number of likely N-dealkylation sites (tertiary alicyclic amines) is 1. The van der Waals surface area contributed by atoms with Gasteiger partial charge in [-0.25, -0.2) is 0 Å². The number of hydrogen-bond acceptors (Lipinski definition) is 4. The van der Waals surface area contributed by atoms with Crippen molar-refractivity contribution in [2.45, 2.75) is 40.2 Å². The van der Waals surface area contributed by atoms with Gasteiger partial charge in [0.2, 0.25) is 0 Å². The van der Waals surface area contributed by atoms with Crippen LogP contribution >= 0.6 is 0 Å². The predicted molar refractivity (Wildman–Crippen MR) is 98.2 cm³/mol. The molecule has 0 bridgehead atoms. The number of benzene rings is 1. The minimum atomic E-state index is -0.397. The van der Waals surface area contributed by atoms with Crippen molar-refractivity contribution in [3.63, 3.8) is 0 Å². The standard InChI is InChI=1S/C19H24N4O3/c1-13-6-5-9-21(11-13)19(24)17-8-4-7-16(10-17)12-22-15(3)18(23(25)26)14(2)20-22/h4,7-8,10,13H,5-6,9,11-12H2,1-3H3/t13-/m1/s1. The molecule has 1 fully saturated rings. The van der Waals surface area contributed by atoms with Gasteiger partial charge in [0.05, 0.1) is 11.5 Å². The van der Waals surface area contributed by atoms with Crippen LogP contribution in [0.4, 0.5) is 5.69 Å². The predicted octanol–water partition coefficient (Wildman–Crippen LogP) is 3.33. The van der Waals surface area contributed by atoms with E-state index in [9.17, 15) is 14.9 Å². The third-order valence-corrected chi connectivity index (χ3v) is 4.98. The zero-order valence-corrected chi connectivity index (χ0v) is 15.4. The molecule has 1 amide bonds. The minimum Gasteiger partial charge on any atom is -0.338 e. The molecule has 0 aliphatic carbocycles. The fraction of sp³-hybridized carbons (Fsp3) is 0.474. The van der Waals surface area contributed by atoms with E-state index in [1.807, 2.05) is 29.2 Å². The average Bonchev–Trinajstić information content (AvgIpc) is 2.88. The van der Waals surface area contributed by atoms with Gasteiger partial charge in [0.15, 0.2) is 0 Å². The van der Waals surface area contributed by atoms with Crippen LogP contribution in [0.3, 0.4) is 0 Å². The highest BCUT2D eigenvalue weighted by atomic mass is 16.6. The molecule has 1 aromatic carbocycles. The summed E-state index contributed by atoms with van der Waals surface area (Å²) in [4.78, 5) is 25.5. The maximum absolute atomic E-state index is 12.8. The first kappa shape index (κ1) is 18.1. The molecule has 0 radical (unpaired) electrons. The largest absolute Gasteiger partial charge is 0.338 e. The van der Waals surface area contributed by atoms with Gasteiger partial charge in [-0.05, 0) is 50.3 Å². The van der Waals surface area contributed by atoms with Crippen LogP contribution in [-0.4, -0.2) is 38.6 Å². The third kappa shape index (κ3) is 3.61. The quantitative estimate of drug-likeness (QED) is 0.621. The summed E-state index contributed by atoms with van der Waals surface area (Å²) in [7, 11) is 0. The van der Waals surface area contributed by atoms with Crippen molar-refractivity contribution < 1.29 is 9.72 Å². The fourth-order valence-corrected chi connectivity index (χ4v) is 3.64. The number of amides is 1. The van der Waals surface area contributed by atoms with Crippen LogP contribution in [0, 0.1) is 29.9 Å². The molecule has 1 atom stereocenters. The molecule has 0 unspecified atom stereocenters. The molecule has 1 aromatic heterocycles. The smallest absolute Gasteiger partial charge is 0.312 e. The van der Waals surface area contributed by atoms with E-state index in [2.05, 4.69) is 12.0 Å². The Labute approximate surface area is 152 Å². The summed E-state index contributed by atoms with van der Waals surface area (Å²) in [5, 5.41) is 15.4. The molecule has 3 rings (SSSR count). The lowest BCUT2D eigenvalue weighted by atomic mass is 9.99. The first-order valence-corrected chi connectivity index (χ1v) is 8.93. The number of hydrogen-bond donors (Lipinski definition) is 0. The van der Waals surface area contributed by atoms with Crippen LogP contribution in [-0.2, 0) is 6.54 Å². The van der Waals surface area contributed by atoms with Gasteiger partial charge in [0, 0.05) is 18.7 Å². The average molecular weight is 356 g/mol. The first-order valence-electron chi connectivity index (χ1n) is 8.93. The van der Waals surface area contributed by atoms with Crippen molar-refractivity contribution in [2.75, 3.05) is 13.1 Å². The van der Waals surface area contributed by atoms with Gasteiger partial charge in [-0.2, -0.15) is 5.10 Å². The Morgan fingerprint density at radius 3 is 2.81 bits per heavy atom. The SMILES string of the molecule is Cc1nn(Cc2cccc(C(=O)N3CCC[C@@H](C)C3)c2)c(C)c1[N+](=O)[O-]. The van der Waals surface area contributed by atoms with Crippen molar-refractivity contribution in [3.05, 3.63) is 56.9 Å². The van der Waals surface area contributed by atoms with E-state index in [4.69, 9.17) is 0 Å². The Bertz CT molecular complexity index is 843. The molecule has 7 nitrogen and oxygen atoms in total. The molecule has 26 heavy (non-hydrogen) atoms. The van der Waals surface area contributed by atoms with E-state index >= 15 is 0 Å². The second-order valence-electron chi connectivity index (χ2n) is 7.13. The van der Waals surface area contributed by atoms with Gasteiger partial charge < -0.3 is 4.90 Å². The third-order valence-electron chi connectivity index (χ3n) is 4.98. The van der Waals surface area contributed by atoms with E-state index in [0.717, 1.165) is 25.1 Å². The molecule has 1 aliphatic heterocycles. The molecule has 0 saturated carbocycles. The number of piperidine rings is 1. The van der Waals surface area contributed by atoms with Gasteiger partial charge in [-0.3, -0.25) is 19.6 Å². The molecule has 7 heteroatoms. The molecular weight excluding hydrogens is 332 g/mol. The lowest BCUT2D eigenvalue weighted by Gasteiger charge is -2.31. The summed E-state index contributed by atoms with van der Waals surface area (Å²) < 4.78 is 1.63. The van der Waals surface area contributed by atoms with Crippen molar-refractivity contribution in [2.24, 2.45) is 5.92 Å². The summed E-state index contributed by atoms with van der Waals surface area (Å²) in [6, 6.07) is 7.46. The Kier molecular flexibility index (Phi) is 5.06. The summed E-state index contributed by atoms with van der Waals surface area (Å²) in [5.74, 6) is 0.587. The van der Waals surface area contributed by atoms with Crippen molar-refractivity contribution in [3.8, 4) is 0 Å². The molecule has 1 saturated heterocycles. The number of carbonyl (C=O) groups is 1. The topological polar surface area (TPSA) is 81.3 Å². The van der Waals surface area contributed by atoms with Crippen LogP contribution < -0.4 is 0 Å². The molecular formula is C19H24N4O3. The summed E-state index contributed by atoms with van der Waals surface area (Å²) in [6.07, 6.45) is 2.21. The van der Waals surface area contributed by atoms with Crippen LogP contribution in [0.2, 0.25) is 0 Å². The Morgan fingerprint density at radius 2 is 2.15 bits per heavy atom. The Hall–Kier alpha value is -2.70. The number of nitrogens with zero attached hydrogens (tertiary/aromatic N) is 4.